The molecule has 46 valence electrons. The Morgan fingerprint density at radius 3 is 2.75 bits per heavy atom. The van der Waals surface area contributed by atoms with Crippen molar-refractivity contribution in [2.45, 2.75) is 20.3 Å². The van der Waals surface area contributed by atoms with Crippen LogP contribution < -0.4 is 0 Å². The van der Waals surface area contributed by atoms with E-state index in [2.05, 4.69) is 11.9 Å². The number of hydrogen-bond acceptors (Lipinski definition) is 1. The zero-order valence-corrected chi connectivity index (χ0v) is 5.59. The Morgan fingerprint density at radius 1 is 1.50 bits per heavy atom. The monoisotopic (exact) mass is 111 g/mol. The maximum absolute atomic E-state index is 4.07. The minimum absolute atomic E-state index is 0.949. The van der Waals surface area contributed by atoms with Gasteiger partial charge in [-0.3, -0.25) is 4.99 Å². The Bertz CT molecular complexity index is 82.4. The van der Waals surface area contributed by atoms with Crippen molar-refractivity contribution in [1.29, 1.82) is 0 Å². The molecule has 0 aliphatic carbocycles. The summed E-state index contributed by atoms with van der Waals surface area (Å²) in [6.45, 7) is 5.05. The summed E-state index contributed by atoms with van der Waals surface area (Å²) in [4.78, 5) is 4.07. The van der Waals surface area contributed by atoms with Crippen LogP contribution in [0.5, 0.6) is 0 Å². The topological polar surface area (TPSA) is 12.4 Å². The molecule has 0 aromatic carbocycles. The van der Waals surface area contributed by atoms with Crippen LogP contribution in [-0.4, -0.2) is 12.8 Å². The van der Waals surface area contributed by atoms with Crippen molar-refractivity contribution in [3.8, 4) is 0 Å². The van der Waals surface area contributed by atoms with Crippen LogP contribution in [0.3, 0.4) is 0 Å². The van der Waals surface area contributed by atoms with Gasteiger partial charge in [0.1, 0.15) is 0 Å². The molecule has 0 rings (SSSR count). The molecule has 1 nitrogen and oxygen atoms in total. The molecule has 0 atom stereocenters. The van der Waals surface area contributed by atoms with E-state index >= 15 is 0 Å². The summed E-state index contributed by atoms with van der Waals surface area (Å²) in [5.41, 5.74) is 0. The lowest BCUT2D eigenvalue weighted by molar-refractivity contribution is 0.937. The van der Waals surface area contributed by atoms with Crippen LogP contribution in [0.1, 0.15) is 20.3 Å². The van der Waals surface area contributed by atoms with Gasteiger partial charge < -0.3 is 0 Å². The fourth-order valence-corrected chi connectivity index (χ4v) is 0.351. The number of hydrogen-bond donors (Lipinski definition) is 0. The molecular formula is C7H13N. The van der Waals surface area contributed by atoms with Gasteiger partial charge in [0.15, 0.2) is 0 Å². The summed E-state index contributed by atoms with van der Waals surface area (Å²) in [6.07, 6.45) is 6.88. The van der Waals surface area contributed by atoms with Gasteiger partial charge in [0, 0.05) is 12.8 Å². The maximum Gasteiger partial charge on any atom is 0.0386 e. The van der Waals surface area contributed by atoms with Crippen molar-refractivity contribution >= 4 is 6.21 Å². The van der Waals surface area contributed by atoms with Crippen LogP contribution >= 0.6 is 0 Å². The van der Waals surface area contributed by atoms with Gasteiger partial charge in [-0.15, -0.1) is 0 Å². The van der Waals surface area contributed by atoms with Crippen molar-refractivity contribution in [3.05, 3.63) is 12.2 Å². The van der Waals surface area contributed by atoms with Crippen LogP contribution in [0.15, 0.2) is 17.1 Å². The van der Waals surface area contributed by atoms with Gasteiger partial charge in [0.2, 0.25) is 0 Å². The van der Waals surface area contributed by atoms with Crippen LogP contribution in [0.2, 0.25) is 0 Å². The molecule has 0 N–H and O–H groups in total. The summed E-state index contributed by atoms with van der Waals surface area (Å²) < 4.78 is 0. The first-order valence-corrected chi connectivity index (χ1v) is 3.03. The molecule has 0 spiro atoms. The predicted molar refractivity (Wildman–Crippen MR) is 38.5 cm³/mol. The Morgan fingerprint density at radius 2 is 2.25 bits per heavy atom. The Kier molecular flexibility index (Phi) is 5.94. The lowest BCUT2D eigenvalue weighted by Crippen LogP contribution is -1.73. The third kappa shape index (κ3) is 5.41. The average molecular weight is 111 g/mol. The maximum atomic E-state index is 4.07. The molecule has 0 amide bonds. The normalized spacial score (nSPS) is 11.8. The highest BCUT2D eigenvalue weighted by atomic mass is 14.7. The van der Waals surface area contributed by atoms with Crippen LogP contribution in [0.4, 0.5) is 0 Å². The largest absolute Gasteiger partial charge is 0.293 e. The van der Waals surface area contributed by atoms with Gasteiger partial charge >= 0.3 is 0 Å². The van der Waals surface area contributed by atoms with E-state index in [0.29, 0.717) is 0 Å². The predicted octanol–water partition coefficient (Wildman–Crippen LogP) is 2.04. The van der Waals surface area contributed by atoms with Gasteiger partial charge in [-0.1, -0.05) is 13.0 Å². The van der Waals surface area contributed by atoms with Gasteiger partial charge in [-0.05, 0) is 19.4 Å². The Labute approximate surface area is 51.1 Å². The molecule has 0 saturated heterocycles. The fraction of sp³-hybridized carbons (Fsp3) is 0.571. The number of rotatable bonds is 3. The van der Waals surface area contributed by atoms with Crippen molar-refractivity contribution in [3.63, 3.8) is 0 Å². The van der Waals surface area contributed by atoms with Crippen molar-refractivity contribution in [2.75, 3.05) is 6.54 Å². The summed E-state index contributed by atoms with van der Waals surface area (Å²) in [5, 5.41) is 0. The van der Waals surface area contributed by atoms with E-state index in [0.717, 1.165) is 13.0 Å². The third-order valence-electron chi connectivity index (χ3n) is 0.737. The first-order valence-electron chi connectivity index (χ1n) is 3.03. The second kappa shape index (κ2) is 6.41. The van der Waals surface area contributed by atoms with E-state index in [1.54, 1.807) is 0 Å². The molecular weight excluding hydrogens is 98.1 g/mol. The Balaban J connectivity index is 3.07. The molecule has 0 aromatic heterocycles. The number of allylic oxidation sites excluding steroid dienone is 2. The minimum Gasteiger partial charge on any atom is -0.293 e. The van der Waals surface area contributed by atoms with Gasteiger partial charge in [-0.2, -0.15) is 0 Å². The van der Waals surface area contributed by atoms with Gasteiger partial charge in [0.05, 0.1) is 0 Å². The second-order valence-corrected chi connectivity index (χ2v) is 1.58. The number of aliphatic imine (C=N–C) groups is 1. The summed E-state index contributed by atoms with van der Waals surface area (Å²) in [5.74, 6) is 0. The lowest BCUT2D eigenvalue weighted by atomic mass is 10.5. The molecule has 1 heteroatoms. The SMILES string of the molecule is C/C=C/C=NCCC. The molecule has 0 fully saturated rings. The third-order valence-corrected chi connectivity index (χ3v) is 0.737. The second-order valence-electron chi connectivity index (χ2n) is 1.58. The minimum atomic E-state index is 0.949. The smallest absolute Gasteiger partial charge is 0.0386 e. The van der Waals surface area contributed by atoms with E-state index in [-0.39, 0.29) is 0 Å². The van der Waals surface area contributed by atoms with E-state index in [1.807, 2.05) is 25.3 Å². The molecule has 0 aliphatic heterocycles. The van der Waals surface area contributed by atoms with E-state index in [1.165, 1.54) is 0 Å². The molecule has 8 heavy (non-hydrogen) atoms. The summed E-state index contributed by atoms with van der Waals surface area (Å²) in [7, 11) is 0. The van der Waals surface area contributed by atoms with Gasteiger partial charge in [0.25, 0.3) is 0 Å². The lowest BCUT2D eigenvalue weighted by Gasteiger charge is -1.79. The van der Waals surface area contributed by atoms with E-state index in [4.69, 9.17) is 0 Å². The van der Waals surface area contributed by atoms with Gasteiger partial charge in [-0.25, -0.2) is 0 Å². The zero-order valence-electron chi connectivity index (χ0n) is 5.59. The fourth-order valence-electron chi connectivity index (χ4n) is 0.351. The van der Waals surface area contributed by atoms with Crippen molar-refractivity contribution in [2.24, 2.45) is 4.99 Å². The van der Waals surface area contributed by atoms with E-state index < -0.39 is 0 Å². The van der Waals surface area contributed by atoms with Crippen molar-refractivity contribution in [1.82, 2.24) is 0 Å². The molecule has 0 aromatic rings. The number of nitrogens with zero attached hydrogens (tertiary/aromatic N) is 1. The molecule has 0 heterocycles. The highest BCUT2D eigenvalue weighted by Crippen LogP contribution is 1.75. The molecule has 0 saturated carbocycles. The van der Waals surface area contributed by atoms with Crippen LogP contribution in [0, 0.1) is 0 Å². The van der Waals surface area contributed by atoms with Crippen LogP contribution in [-0.2, 0) is 0 Å². The zero-order chi connectivity index (χ0) is 6.24. The highest BCUT2D eigenvalue weighted by molar-refractivity contribution is 5.70. The first kappa shape index (κ1) is 7.41. The summed E-state index contributed by atoms with van der Waals surface area (Å²) in [6, 6.07) is 0. The van der Waals surface area contributed by atoms with Crippen molar-refractivity contribution < 1.29 is 0 Å². The average Bonchev–Trinajstić information content (AvgIpc) is 1.81. The molecule has 0 aliphatic rings. The summed E-state index contributed by atoms with van der Waals surface area (Å²) >= 11 is 0. The molecule has 0 radical (unpaired) electrons. The first-order chi connectivity index (χ1) is 3.91. The van der Waals surface area contributed by atoms with E-state index in [9.17, 15) is 0 Å². The Hall–Kier alpha value is -0.590. The standard InChI is InChI=1S/C7H13N/c1-3-5-7-8-6-4-2/h3,5,7H,4,6H2,1-2H3/b5-3+,8-7?. The quantitative estimate of drug-likeness (QED) is 0.494. The molecule has 0 unspecified atom stereocenters. The van der Waals surface area contributed by atoms with Crippen LogP contribution in [0.25, 0.3) is 0 Å². The highest BCUT2D eigenvalue weighted by Gasteiger charge is 1.67. The molecule has 0 bridgehead atoms.